The van der Waals surface area contributed by atoms with Gasteiger partial charge in [0.2, 0.25) is 0 Å². The number of benzene rings is 1. The van der Waals surface area contributed by atoms with E-state index < -0.39 is 0 Å². The van der Waals surface area contributed by atoms with Crippen LogP contribution in [0.3, 0.4) is 0 Å². The molecule has 0 N–H and O–H groups in total. The van der Waals surface area contributed by atoms with Gasteiger partial charge in [-0.1, -0.05) is 18.2 Å². The summed E-state index contributed by atoms with van der Waals surface area (Å²) in [5.41, 5.74) is 0. The van der Waals surface area contributed by atoms with Gasteiger partial charge in [0.15, 0.2) is 0 Å². The molecule has 0 atom stereocenters. The molecule has 5 rings (SSSR count). The summed E-state index contributed by atoms with van der Waals surface area (Å²) in [4.78, 5) is 7.62. The van der Waals surface area contributed by atoms with Crippen LogP contribution in [0.4, 0.5) is 0 Å². The van der Waals surface area contributed by atoms with Gasteiger partial charge in [-0.3, -0.25) is 4.48 Å². The lowest BCUT2D eigenvalue weighted by atomic mass is 10.3. The van der Waals surface area contributed by atoms with E-state index in [1.54, 1.807) is 0 Å². The number of quaternary nitrogens is 1. The lowest BCUT2D eigenvalue weighted by Gasteiger charge is -2.60. The molecule has 1 aromatic rings. The molecule has 4 bridgehead atoms. The maximum atomic E-state index is 5.87. The Kier molecular flexibility index (Phi) is 2.73. The van der Waals surface area contributed by atoms with E-state index in [1.165, 1.54) is 20.0 Å². The van der Waals surface area contributed by atoms with E-state index in [4.69, 9.17) is 4.74 Å². The Morgan fingerprint density at radius 2 is 1.47 bits per heavy atom. The van der Waals surface area contributed by atoms with Crippen molar-refractivity contribution in [3.63, 3.8) is 0 Å². The number of para-hydroxylation sites is 1. The number of hydrogen-bond donors (Lipinski definition) is 0. The summed E-state index contributed by atoms with van der Waals surface area (Å²) in [5.74, 6) is 0.984. The molecule has 0 saturated carbocycles. The number of hydrogen-bond acceptors (Lipinski definition) is 4. The molecule has 0 unspecified atom stereocenters. The van der Waals surface area contributed by atoms with Crippen molar-refractivity contribution >= 4 is 0 Å². The van der Waals surface area contributed by atoms with E-state index in [0.29, 0.717) is 0 Å². The quantitative estimate of drug-likeness (QED) is 0.738. The van der Waals surface area contributed by atoms with Crippen LogP contribution in [0.25, 0.3) is 0 Å². The first-order valence-corrected chi connectivity index (χ1v) is 7.01. The highest BCUT2D eigenvalue weighted by atomic mass is 16.5. The maximum absolute atomic E-state index is 5.87. The molecular weight excluding hydrogens is 240 g/mol. The molecule has 0 spiro atoms. The van der Waals surface area contributed by atoms with E-state index in [1.807, 2.05) is 30.3 Å². The highest BCUT2D eigenvalue weighted by Crippen LogP contribution is 2.28. The Balaban J connectivity index is 1.38. The summed E-state index contributed by atoms with van der Waals surface area (Å²) in [5, 5.41) is 0. The first-order valence-electron chi connectivity index (χ1n) is 7.01. The van der Waals surface area contributed by atoms with Gasteiger partial charge in [0, 0.05) is 0 Å². The SMILES string of the molecule is c1ccc(OCC[N+]23CN4CN(CN(C4)C2)C3)cc1. The van der Waals surface area contributed by atoms with Gasteiger partial charge in [-0.2, -0.15) is 0 Å². The molecular formula is C14H21N4O+. The van der Waals surface area contributed by atoms with Gasteiger partial charge >= 0.3 is 0 Å². The smallest absolute Gasteiger partial charge is 0.139 e. The first-order chi connectivity index (χ1) is 9.31. The van der Waals surface area contributed by atoms with E-state index >= 15 is 0 Å². The molecule has 0 radical (unpaired) electrons. The van der Waals surface area contributed by atoms with Gasteiger partial charge in [-0.25, -0.2) is 14.7 Å². The second-order valence-corrected chi connectivity index (χ2v) is 6.09. The van der Waals surface area contributed by atoms with Crippen molar-refractivity contribution < 1.29 is 9.22 Å². The standard InChI is InChI=1S/C14H21N4O/c1-2-4-14(5-3-1)19-7-6-18-11-15-8-16(12-18)10-17(9-15)13-18/h1-5H,6-13H2/q+1. The van der Waals surface area contributed by atoms with Gasteiger partial charge < -0.3 is 4.74 Å². The molecule has 0 amide bonds. The minimum absolute atomic E-state index is 0.805. The fourth-order valence-electron chi connectivity index (χ4n) is 3.74. The number of nitrogens with zero attached hydrogens (tertiary/aromatic N) is 4. The van der Waals surface area contributed by atoms with Crippen LogP contribution in [-0.4, -0.2) is 72.3 Å². The minimum atomic E-state index is 0.805. The average Bonchev–Trinajstić information content (AvgIpc) is 2.38. The third kappa shape index (κ3) is 2.23. The second kappa shape index (κ2) is 4.45. The van der Waals surface area contributed by atoms with Crippen molar-refractivity contribution in [3.05, 3.63) is 30.3 Å². The van der Waals surface area contributed by atoms with E-state index in [0.717, 1.165) is 43.4 Å². The van der Waals surface area contributed by atoms with Gasteiger partial charge in [-0.05, 0) is 12.1 Å². The lowest BCUT2D eigenvalue weighted by molar-refractivity contribution is -0.980. The molecule has 4 aliphatic heterocycles. The zero-order chi connectivity index (χ0) is 12.7. The van der Waals surface area contributed by atoms with Gasteiger partial charge in [0.05, 0.1) is 20.0 Å². The molecule has 4 saturated heterocycles. The predicted octanol–water partition coefficient (Wildman–Crippen LogP) is 0.574. The molecule has 4 heterocycles. The second-order valence-electron chi connectivity index (χ2n) is 6.09. The van der Waals surface area contributed by atoms with Crippen molar-refractivity contribution in [2.75, 3.05) is 53.2 Å². The average molecular weight is 261 g/mol. The molecule has 102 valence electrons. The van der Waals surface area contributed by atoms with E-state index in [-0.39, 0.29) is 0 Å². The van der Waals surface area contributed by atoms with Crippen molar-refractivity contribution in [2.24, 2.45) is 0 Å². The fraction of sp³-hybridized carbons (Fsp3) is 0.571. The Hall–Kier alpha value is -1.14. The molecule has 19 heavy (non-hydrogen) atoms. The Labute approximate surface area is 114 Å². The lowest BCUT2D eigenvalue weighted by Crippen LogP contribution is -2.79. The summed E-state index contributed by atoms with van der Waals surface area (Å²) < 4.78 is 7.02. The highest BCUT2D eigenvalue weighted by Gasteiger charge is 2.48. The zero-order valence-electron chi connectivity index (χ0n) is 11.2. The van der Waals surface area contributed by atoms with E-state index in [2.05, 4.69) is 14.7 Å². The molecule has 5 nitrogen and oxygen atoms in total. The van der Waals surface area contributed by atoms with Crippen LogP contribution < -0.4 is 4.74 Å². The molecule has 5 heteroatoms. The summed E-state index contributed by atoms with van der Waals surface area (Å²) >= 11 is 0. The largest absolute Gasteiger partial charge is 0.488 e. The van der Waals surface area contributed by atoms with E-state index in [9.17, 15) is 0 Å². The summed E-state index contributed by atoms with van der Waals surface area (Å²) in [6, 6.07) is 10.1. The Morgan fingerprint density at radius 1 is 0.895 bits per heavy atom. The summed E-state index contributed by atoms with van der Waals surface area (Å²) in [6.45, 7) is 8.90. The van der Waals surface area contributed by atoms with Gasteiger partial charge in [0.1, 0.15) is 38.9 Å². The zero-order valence-corrected chi connectivity index (χ0v) is 11.2. The van der Waals surface area contributed by atoms with Crippen molar-refractivity contribution in [1.82, 2.24) is 14.7 Å². The molecule has 4 aliphatic rings. The fourth-order valence-corrected chi connectivity index (χ4v) is 3.74. The summed E-state index contributed by atoms with van der Waals surface area (Å²) in [6.07, 6.45) is 0. The van der Waals surface area contributed by atoms with Crippen LogP contribution in [-0.2, 0) is 0 Å². The molecule has 4 fully saturated rings. The normalized spacial score (nSPS) is 39.5. The van der Waals surface area contributed by atoms with Crippen molar-refractivity contribution in [3.8, 4) is 5.75 Å². The molecule has 0 aromatic heterocycles. The maximum Gasteiger partial charge on any atom is 0.139 e. The van der Waals surface area contributed by atoms with Crippen LogP contribution in [0.15, 0.2) is 30.3 Å². The summed E-state index contributed by atoms with van der Waals surface area (Å²) in [7, 11) is 0. The third-order valence-corrected chi connectivity index (χ3v) is 4.28. The Morgan fingerprint density at radius 3 is 2.05 bits per heavy atom. The van der Waals surface area contributed by atoms with Gasteiger partial charge in [-0.15, -0.1) is 0 Å². The molecule has 0 aliphatic carbocycles. The predicted molar refractivity (Wildman–Crippen MR) is 71.8 cm³/mol. The van der Waals surface area contributed by atoms with Gasteiger partial charge in [0.25, 0.3) is 0 Å². The first kappa shape index (κ1) is 11.7. The highest BCUT2D eigenvalue weighted by molar-refractivity contribution is 5.20. The number of rotatable bonds is 4. The van der Waals surface area contributed by atoms with Crippen LogP contribution in [0, 0.1) is 0 Å². The van der Waals surface area contributed by atoms with Crippen LogP contribution >= 0.6 is 0 Å². The number of ether oxygens (including phenoxy) is 1. The van der Waals surface area contributed by atoms with Crippen molar-refractivity contribution in [2.45, 2.75) is 0 Å². The van der Waals surface area contributed by atoms with Crippen LogP contribution in [0.5, 0.6) is 5.75 Å². The van der Waals surface area contributed by atoms with Crippen LogP contribution in [0.1, 0.15) is 0 Å². The monoisotopic (exact) mass is 261 g/mol. The minimum Gasteiger partial charge on any atom is -0.488 e. The molecule has 1 aromatic carbocycles. The Bertz CT molecular complexity index is 415. The van der Waals surface area contributed by atoms with Crippen molar-refractivity contribution in [1.29, 1.82) is 0 Å². The van der Waals surface area contributed by atoms with Crippen LogP contribution in [0.2, 0.25) is 0 Å². The third-order valence-electron chi connectivity index (χ3n) is 4.28. The topological polar surface area (TPSA) is 19.0 Å².